The number of rotatable bonds is 10. The van der Waals surface area contributed by atoms with Gasteiger partial charge in [-0.2, -0.15) is 0 Å². The fraction of sp³-hybridized carbons (Fsp3) is 0.391. The molecule has 5 N–H and O–H groups in total. The molecule has 7 nitrogen and oxygen atoms in total. The average Bonchev–Trinajstić information content (AvgIpc) is 2.67. The summed E-state index contributed by atoms with van der Waals surface area (Å²) in [7, 11) is 0. The number of amides is 2. The van der Waals surface area contributed by atoms with Crippen LogP contribution in [-0.4, -0.2) is 40.9 Å². The van der Waals surface area contributed by atoms with E-state index in [-0.39, 0.29) is 12.5 Å². The Kier molecular flexibility index (Phi) is 8.83. The van der Waals surface area contributed by atoms with E-state index in [2.05, 4.69) is 35.9 Å². The number of carbonyl (C=O) groups excluding carboxylic acids is 1. The first-order valence-corrected chi connectivity index (χ1v) is 10.1. The number of aliphatic hydroxyl groups excluding tert-OH is 1. The molecule has 0 aliphatic rings. The van der Waals surface area contributed by atoms with Crippen molar-refractivity contribution in [2.45, 2.75) is 51.8 Å². The van der Waals surface area contributed by atoms with Crippen molar-refractivity contribution in [2.24, 2.45) is 0 Å². The maximum absolute atomic E-state index is 11.4. The van der Waals surface area contributed by atoms with Gasteiger partial charge in [0.25, 0.3) is 0 Å². The summed E-state index contributed by atoms with van der Waals surface area (Å²) in [6.07, 6.45) is -1.67. The molecule has 0 unspecified atom stereocenters. The molecular weight excluding hydrogens is 382 g/mol. The minimum Gasteiger partial charge on any atom is -0.465 e. The number of aliphatic hydroxyl groups is 1. The standard InChI is InChI=1S/C23H31N3O4/c1-15(2)19-9-18(10-20(12-19)25-16(3)27)13-24-14-22(28)21(26-23(29)30)11-17-7-5-4-6-8-17/h4-10,12,15,21-22,24,26,28H,11,13-14H2,1-3H3,(H,25,27)(H,29,30)/t21-,22-/m0/s1. The van der Waals surface area contributed by atoms with Crippen molar-refractivity contribution < 1.29 is 19.8 Å². The van der Waals surface area contributed by atoms with E-state index < -0.39 is 18.2 Å². The molecule has 2 atom stereocenters. The van der Waals surface area contributed by atoms with Gasteiger partial charge in [-0.25, -0.2) is 4.79 Å². The smallest absolute Gasteiger partial charge is 0.404 e. The Morgan fingerprint density at radius 3 is 2.33 bits per heavy atom. The average molecular weight is 414 g/mol. The molecule has 30 heavy (non-hydrogen) atoms. The molecule has 0 aliphatic carbocycles. The number of hydrogen-bond donors (Lipinski definition) is 5. The van der Waals surface area contributed by atoms with Crippen molar-refractivity contribution in [3.63, 3.8) is 0 Å². The third-order valence-corrected chi connectivity index (χ3v) is 4.76. The van der Waals surface area contributed by atoms with Crippen LogP contribution < -0.4 is 16.0 Å². The fourth-order valence-corrected chi connectivity index (χ4v) is 3.25. The van der Waals surface area contributed by atoms with Crippen LogP contribution in [0.25, 0.3) is 0 Å². The highest BCUT2D eigenvalue weighted by Gasteiger charge is 2.21. The lowest BCUT2D eigenvalue weighted by molar-refractivity contribution is -0.114. The highest BCUT2D eigenvalue weighted by Crippen LogP contribution is 2.21. The van der Waals surface area contributed by atoms with Crippen LogP contribution in [0.2, 0.25) is 0 Å². The Morgan fingerprint density at radius 2 is 1.73 bits per heavy atom. The fourth-order valence-electron chi connectivity index (χ4n) is 3.25. The van der Waals surface area contributed by atoms with Gasteiger partial charge < -0.3 is 26.2 Å². The molecule has 2 aromatic rings. The second-order valence-corrected chi connectivity index (χ2v) is 7.74. The quantitative estimate of drug-likeness (QED) is 0.411. The summed E-state index contributed by atoms with van der Waals surface area (Å²) in [5.74, 6) is 0.173. The largest absolute Gasteiger partial charge is 0.465 e. The highest BCUT2D eigenvalue weighted by molar-refractivity contribution is 5.88. The summed E-state index contributed by atoms with van der Waals surface area (Å²) in [6.45, 7) is 6.34. The van der Waals surface area contributed by atoms with Crippen molar-refractivity contribution in [2.75, 3.05) is 11.9 Å². The predicted molar refractivity (Wildman–Crippen MR) is 118 cm³/mol. The molecule has 0 aliphatic heterocycles. The first-order chi connectivity index (χ1) is 14.2. The molecule has 0 bridgehead atoms. The second-order valence-electron chi connectivity index (χ2n) is 7.74. The zero-order valence-electron chi connectivity index (χ0n) is 17.7. The summed E-state index contributed by atoms with van der Waals surface area (Å²) in [4.78, 5) is 22.6. The van der Waals surface area contributed by atoms with E-state index in [0.29, 0.717) is 18.9 Å². The molecule has 0 radical (unpaired) electrons. The zero-order chi connectivity index (χ0) is 22.1. The van der Waals surface area contributed by atoms with E-state index in [1.807, 2.05) is 42.5 Å². The van der Waals surface area contributed by atoms with Crippen LogP contribution in [0.3, 0.4) is 0 Å². The van der Waals surface area contributed by atoms with E-state index >= 15 is 0 Å². The van der Waals surface area contributed by atoms with Crippen molar-refractivity contribution >= 4 is 17.7 Å². The molecule has 0 spiro atoms. The molecule has 7 heteroatoms. The van der Waals surface area contributed by atoms with E-state index in [1.54, 1.807) is 0 Å². The lowest BCUT2D eigenvalue weighted by Crippen LogP contribution is -2.48. The van der Waals surface area contributed by atoms with Gasteiger partial charge >= 0.3 is 6.09 Å². The van der Waals surface area contributed by atoms with Gasteiger partial charge in [-0.1, -0.05) is 50.2 Å². The van der Waals surface area contributed by atoms with Gasteiger partial charge in [0.2, 0.25) is 5.91 Å². The summed E-state index contributed by atoms with van der Waals surface area (Å²) in [5, 5.41) is 28.1. The molecule has 162 valence electrons. The molecule has 0 saturated heterocycles. The topological polar surface area (TPSA) is 111 Å². The van der Waals surface area contributed by atoms with Crippen LogP contribution in [0, 0.1) is 0 Å². The van der Waals surface area contributed by atoms with Crippen molar-refractivity contribution in [1.29, 1.82) is 0 Å². The van der Waals surface area contributed by atoms with Crippen LogP contribution in [-0.2, 0) is 17.8 Å². The van der Waals surface area contributed by atoms with Gasteiger partial charge in [0.05, 0.1) is 12.1 Å². The van der Waals surface area contributed by atoms with Gasteiger partial charge in [-0.05, 0) is 41.2 Å². The van der Waals surface area contributed by atoms with Crippen molar-refractivity contribution in [1.82, 2.24) is 10.6 Å². The highest BCUT2D eigenvalue weighted by atomic mass is 16.4. The molecule has 0 saturated carbocycles. The van der Waals surface area contributed by atoms with Crippen LogP contribution >= 0.6 is 0 Å². The number of hydrogen-bond acceptors (Lipinski definition) is 4. The first kappa shape index (κ1) is 23.4. The van der Waals surface area contributed by atoms with Gasteiger partial charge in [-0.15, -0.1) is 0 Å². The SMILES string of the molecule is CC(=O)Nc1cc(CNC[C@H](O)[C@H](Cc2ccccc2)NC(=O)O)cc(C(C)C)c1. The Hall–Kier alpha value is -2.90. The molecular formula is C23H31N3O4. The number of carboxylic acid groups (broad SMARTS) is 1. The number of anilines is 1. The van der Waals surface area contributed by atoms with E-state index in [4.69, 9.17) is 5.11 Å². The third kappa shape index (κ3) is 7.85. The predicted octanol–water partition coefficient (Wildman–Crippen LogP) is 3.10. The van der Waals surface area contributed by atoms with Crippen molar-refractivity contribution in [3.05, 3.63) is 65.2 Å². The molecule has 0 fully saturated rings. The Bertz CT molecular complexity index is 840. The minimum atomic E-state index is -1.17. The van der Waals surface area contributed by atoms with Gasteiger partial charge in [0, 0.05) is 25.7 Å². The van der Waals surface area contributed by atoms with Crippen LogP contribution in [0.5, 0.6) is 0 Å². The maximum Gasteiger partial charge on any atom is 0.404 e. The molecule has 0 heterocycles. The maximum atomic E-state index is 11.4. The van der Waals surface area contributed by atoms with E-state index in [1.165, 1.54) is 6.92 Å². The van der Waals surface area contributed by atoms with Gasteiger partial charge in [0.15, 0.2) is 0 Å². The summed E-state index contributed by atoms with van der Waals surface area (Å²) in [6, 6.07) is 14.7. The molecule has 0 aromatic heterocycles. The minimum absolute atomic E-state index is 0.131. The zero-order valence-corrected chi connectivity index (χ0v) is 17.7. The third-order valence-electron chi connectivity index (χ3n) is 4.76. The monoisotopic (exact) mass is 413 g/mol. The molecule has 2 aromatic carbocycles. The van der Waals surface area contributed by atoms with E-state index in [0.717, 1.165) is 22.4 Å². The first-order valence-electron chi connectivity index (χ1n) is 10.1. The van der Waals surface area contributed by atoms with Gasteiger partial charge in [-0.3, -0.25) is 4.79 Å². The lowest BCUT2D eigenvalue weighted by Gasteiger charge is -2.23. The second kappa shape index (κ2) is 11.3. The molecule has 2 rings (SSSR count). The summed E-state index contributed by atoms with van der Waals surface area (Å²) < 4.78 is 0. The lowest BCUT2D eigenvalue weighted by atomic mass is 9.99. The Morgan fingerprint density at radius 1 is 1.03 bits per heavy atom. The van der Waals surface area contributed by atoms with Crippen LogP contribution in [0.15, 0.2) is 48.5 Å². The Balaban J connectivity index is 2.01. The summed E-state index contributed by atoms with van der Waals surface area (Å²) in [5.41, 5.74) is 3.76. The number of benzene rings is 2. The number of carbonyl (C=O) groups is 2. The number of nitrogens with one attached hydrogen (secondary N) is 3. The van der Waals surface area contributed by atoms with E-state index in [9.17, 15) is 14.7 Å². The normalized spacial score (nSPS) is 13.0. The Labute approximate surface area is 177 Å². The molecule has 2 amide bonds. The van der Waals surface area contributed by atoms with Crippen molar-refractivity contribution in [3.8, 4) is 0 Å². The van der Waals surface area contributed by atoms with Gasteiger partial charge in [0.1, 0.15) is 0 Å². The van der Waals surface area contributed by atoms with Crippen LogP contribution in [0.1, 0.15) is 43.4 Å². The van der Waals surface area contributed by atoms with Crippen LogP contribution in [0.4, 0.5) is 10.5 Å². The summed E-state index contributed by atoms with van der Waals surface area (Å²) >= 11 is 0.